The van der Waals surface area contributed by atoms with Crippen LogP contribution >= 0.6 is 0 Å². The van der Waals surface area contributed by atoms with E-state index in [1.54, 1.807) is 4.39 Å². The predicted molar refractivity (Wildman–Crippen MR) is 18.0 cm³/mol. The summed E-state index contributed by atoms with van der Waals surface area (Å²) < 4.78 is 39.7. The topological polar surface area (TPSA) is 43.4 Å². The summed E-state index contributed by atoms with van der Waals surface area (Å²) in [4.78, 5) is 0. The Labute approximate surface area is 51.1 Å². The molecule has 0 heterocycles. The molecule has 39 valence electrons. The van der Waals surface area contributed by atoms with Gasteiger partial charge >= 0.3 is 10.5 Å². The molecule has 0 saturated carbocycles. The van der Waals surface area contributed by atoms with E-state index in [0.717, 1.165) is 0 Å². The van der Waals surface area contributed by atoms with E-state index in [9.17, 15) is 8.41 Å². The number of hydrogen-bond donors (Lipinski definition) is 0. The van der Waals surface area contributed by atoms with Crippen molar-refractivity contribution in [1.82, 2.24) is 0 Å². The van der Waals surface area contributed by atoms with Crippen LogP contribution in [0.3, 0.4) is 0 Å². The zero-order chi connectivity index (χ0) is 5.21. The zero-order valence-corrected chi connectivity index (χ0v) is 4.21. The van der Waals surface area contributed by atoms with E-state index in [-0.39, 0.29) is 18.9 Å². The van der Waals surface area contributed by atoms with Gasteiger partial charge in [-0.2, -0.15) is 8.42 Å². The van der Waals surface area contributed by atoms with Crippen LogP contribution in [0.4, 0.5) is 8.41 Å². The molecule has 0 aromatic heterocycles. The first-order chi connectivity index (χ1) is 2.56. The molecule has 0 N–H and O–H groups in total. The predicted octanol–water partition coefficient (Wildman–Crippen LogP) is -0.279. The van der Waals surface area contributed by atoms with Crippen LogP contribution in [-0.4, -0.2) is 27.3 Å². The fourth-order valence-electron chi connectivity index (χ4n) is 0. The van der Waals surface area contributed by atoms with E-state index in [0.29, 0.717) is 0 Å². The fraction of sp³-hybridized carbons (Fsp3) is 0. The molecule has 0 amide bonds. The maximum absolute atomic E-state index is 10.5. The molecule has 0 aromatic carbocycles. The molecule has 0 bridgehead atoms. The van der Waals surface area contributed by atoms with Gasteiger partial charge in [-0.05, 0) is 8.91 Å². The Morgan fingerprint density at radius 1 is 1.43 bits per heavy atom. The molecule has 0 rings (SSSR count). The third-order valence-electron chi connectivity index (χ3n) is 0.0752. The molecule has 7 heteroatoms. The maximum Gasteiger partial charge on any atom is 0.468 e. The minimum Gasteiger partial charge on any atom is -0.162 e. The Kier molecular flexibility index (Phi) is 5.01. The Morgan fingerprint density at radius 3 is 1.57 bits per heavy atom. The van der Waals surface area contributed by atoms with Crippen LogP contribution in [0, 0.1) is 0 Å². The van der Waals surface area contributed by atoms with Crippen LogP contribution in [0.15, 0.2) is 0 Å². The van der Waals surface area contributed by atoms with Crippen molar-refractivity contribution < 1.29 is 21.2 Å². The number of rotatable bonds is 1. The maximum atomic E-state index is 10.5. The Balaban J connectivity index is 0. The second kappa shape index (κ2) is 3.38. The minimum absolute atomic E-state index is 0. The molecule has 3 nitrogen and oxygen atoms in total. The molecule has 1 radical (unpaired) electrons. The minimum atomic E-state index is -5.33. The van der Waals surface area contributed by atoms with Crippen molar-refractivity contribution in [2.75, 3.05) is 0 Å². The van der Waals surface area contributed by atoms with Gasteiger partial charge < -0.3 is 0 Å². The summed E-state index contributed by atoms with van der Waals surface area (Å²) in [5, 5.41) is 0. The van der Waals surface area contributed by atoms with Gasteiger partial charge in [0.2, 0.25) is 0 Å². The summed E-state index contributed by atoms with van der Waals surface area (Å²) in [5.41, 5.74) is 0. The Hall–Kier alpha value is 0.367. The van der Waals surface area contributed by atoms with Crippen LogP contribution in [0.1, 0.15) is 0 Å². The summed E-state index contributed by atoms with van der Waals surface area (Å²) in [6.07, 6.45) is 0. The molecule has 7 heavy (non-hydrogen) atoms. The molecule has 0 saturated heterocycles. The Bertz CT molecular complexity index is 115. The van der Waals surface area contributed by atoms with Crippen LogP contribution < -0.4 is 0 Å². The van der Waals surface area contributed by atoms with Gasteiger partial charge in [0.1, 0.15) is 0 Å². The first-order valence-corrected chi connectivity index (χ1v) is 2.12. The molecule has 0 aliphatic rings. The van der Waals surface area contributed by atoms with Crippen molar-refractivity contribution >= 4 is 29.4 Å². The molecule has 0 aromatic rings. The second-order valence-electron chi connectivity index (χ2n) is 0.456. The van der Waals surface area contributed by atoms with E-state index in [2.05, 4.69) is 0 Å². The average Bonchev–Trinajstić information content (AvgIpc) is 1.35. The molecule has 0 aliphatic carbocycles. The number of halogens is 2. The van der Waals surface area contributed by atoms with Crippen molar-refractivity contribution in [3.63, 3.8) is 0 Å². The van der Waals surface area contributed by atoms with Crippen molar-refractivity contribution in [2.45, 2.75) is 0 Å². The van der Waals surface area contributed by atoms with Gasteiger partial charge in [0.15, 0.2) is 0 Å². The summed E-state index contributed by atoms with van der Waals surface area (Å²) in [5.74, 6) is 0. The largest absolute Gasteiger partial charge is 0.468 e. The second-order valence-corrected chi connectivity index (χ2v) is 1.37. The van der Waals surface area contributed by atoms with Crippen LogP contribution in [0.2, 0.25) is 0 Å². The molecule has 0 unspecified atom stereocenters. The quantitative estimate of drug-likeness (QED) is 0.357. The summed E-state index contributed by atoms with van der Waals surface area (Å²) in [7, 11) is -5.33. The van der Waals surface area contributed by atoms with E-state index in [1.165, 1.54) is 0 Å². The van der Waals surface area contributed by atoms with Gasteiger partial charge in [-0.1, -0.05) is 3.89 Å². The monoisotopic (exact) mass is 125 g/mol. The van der Waals surface area contributed by atoms with Crippen molar-refractivity contribution in [3.8, 4) is 0 Å². The van der Waals surface area contributed by atoms with Crippen molar-refractivity contribution in [2.24, 2.45) is 0 Å². The summed E-state index contributed by atoms with van der Waals surface area (Å²) in [6.45, 7) is 0. The average molecular weight is 125 g/mol. The van der Waals surface area contributed by atoms with Crippen LogP contribution in [-0.2, 0) is 14.9 Å². The van der Waals surface area contributed by atoms with Gasteiger partial charge in [0.25, 0.3) is 0 Å². The van der Waals surface area contributed by atoms with Gasteiger partial charge in [0.05, 0.1) is 0 Å². The molecular weight excluding hydrogens is 125 g/mol. The third kappa shape index (κ3) is 10.7. The first kappa shape index (κ1) is 10.4. The van der Waals surface area contributed by atoms with E-state index >= 15 is 0 Å². The van der Waals surface area contributed by atoms with E-state index in [1.807, 2.05) is 0 Å². The van der Waals surface area contributed by atoms with Crippen molar-refractivity contribution in [1.29, 1.82) is 0 Å². The summed E-state index contributed by atoms with van der Waals surface area (Å²) >= 11 is 0. The summed E-state index contributed by atoms with van der Waals surface area (Å²) in [6, 6.07) is 0. The Morgan fingerprint density at radius 2 is 1.57 bits per heavy atom. The standard InChI is InChI=1S/F2O3S.Li/c1-5-6(2,3)4;. The van der Waals surface area contributed by atoms with Crippen LogP contribution in [0.25, 0.3) is 0 Å². The van der Waals surface area contributed by atoms with E-state index < -0.39 is 10.5 Å². The smallest absolute Gasteiger partial charge is 0.162 e. The zero-order valence-electron chi connectivity index (χ0n) is 3.39. The fourth-order valence-corrected chi connectivity index (χ4v) is 0. The van der Waals surface area contributed by atoms with Gasteiger partial charge in [-0.3, -0.25) is 0 Å². The normalized spacial score (nSPS) is 10.0. The molecule has 0 fully saturated rings. The van der Waals surface area contributed by atoms with Crippen LogP contribution in [0.5, 0.6) is 0 Å². The van der Waals surface area contributed by atoms with Crippen molar-refractivity contribution in [3.05, 3.63) is 0 Å². The molecule has 0 aliphatic heterocycles. The van der Waals surface area contributed by atoms with Gasteiger partial charge in [0, 0.05) is 18.9 Å². The molecule has 0 spiro atoms. The van der Waals surface area contributed by atoms with E-state index in [4.69, 9.17) is 8.42 Å². The first-order valence-electron chi connectivity index (χ1n) is 0.809. The SMILES string of the molecule is O=S(=O)(F)OF.[Li]. The third-order valence-corrected chi connectivity index (χ3v) is 0.226. The van der Waals surface area contributed by atoms with Gasteiger partial charge in [-0.15, -0.1) is 0 Å². The molecule has 0 atom stereocenters. The molecular formula is F2LiO3S. The number of hydrogen-bond acceptors (Lipinski definition) is 3. The van der Waals surface area contributed by atoms with Gasteiger partial charge in [-0.25, -0.2) is 0 Å².